The molecule has 0 aliphatic heterocycles. The van der Waals surface area contributed by atoms with Crippen LogP contribution in [0.2, 0.25) is 0 Å². The van der Waals surface area contributed by atoms with Gasteiger partial charge in [0.05, 0.1) is 11.5 Å². The van der Waals surface area contributed by atoms with Crippen LogP contribution < -0.4 is 10.0 Å². The SMILES string of the molecule is CCCNc1sc(S(=O)(=O)NC(C)COC)cc1[N+](=O)[O-]. The van der Waals surface area contributed by atoms with Gasteiger partial charge in [0.15, 0.2) is 5.00 Å². The van der Waals surface area contributed by atoms with E-state index < -0.39 is 21.0 Å². The van der Waals surface area contributed by atoms with Crippen LogP contribution >= 0.6 is 11.3 Å². The average Bonchev–Trinajstić information content (AvgIpc) is 2.81. The molecular weight excluding hydrogens is 318 g/mol. The van der Waals surface area contributed by atoms with Crippen LogP contribution in [-0.2, 0) is 14.8 Å². The second kappa shape index (κ2) is 7.69. The highest BCUT2D eigenvalue weighted by Crippen LogP contribution is 2.36. The summed E-state index contributed by atoms with van der Waals surface area (Å²) in [4.78, 5) is 10.4. The van der Waals surface area contributed by atoms with E-state index in [1.54, 1.807) is 6.92 Å². The summed E-state index contributed by atoms with van der Waals surface area (Å²) in [7, 11) is -2.33. The van der Waals surface area contributed by atoms with Crippen LogP contribution in [0.5, 0.6) is 0 Å². The van der Waals surface area contributed by atoms with Gasteiger partial charge >= 0.3 is 5.69 Å². The molecule has 2 N–H and O–H groups in total. The van der Waals surface area contributed by atoms with Gasteiger partial charge in [-0.1, -0.05) is 18.3 Å². The summed E-state index contributed by atoms with van der Waals surface area (Å²) >= 11 is 0.851. The molecule has 1 aromatic heterocycles. The maximum atomic E-state index is 12.2. The van der Waals surface area contributed by atoms with E-state index >= 15 is 0 Å². The quantitative estimate of drug-likeness (QED) is 0.525. The van der Waals surface area contributed by atoms with E-state index in [0.29, 0.717) is 6.54 Å². The zero-order chi connectivity index (χ0) is 16.0. The van der Waals surface area contributed by atoms with Gasteiger partial charge in [-0.2, -0.15) is 0 Å². The Balaban J connectivity index is 3.04. The Morgan fingerprint density at radius 2 is 2.19 bits per heavy atom. The van der Waals surface area contributed by atoms with Gasteiger partial charge in [0.25, 0.3) is 10.0 Å². The number of sulfonamides is 1. The number of hydrogen-bond acceptors (Lipinski definition) is 7. The smallest absolute Gasteiger partial charge is 0.304 e. The minimum absolute atomic E-state index is 0.0873. The molecule has 0 amide bonds. The van der Waals surface area contributed by atoms with Gasteiger partial charge in [0, 0.05) is 25.8 Å². The van der Waals surface area contributed by atoms with E-state index in [0.717, 1.165) is 23.8 Å². The van der Waals surface area contributed by atoms with Gasteiger partial charge < -0.3 is 10.1 Å². The van der Waals surface area contributed by atoms with Crippen LogP contribution in [0.4, 0.5) is 10.7 Å². The van der Waals surface area contributed by atoms with Crippen molar-refractivity contribution in [3.05, 3.63) is 16.2 Å². The largest absolute Gasteiger partial charge is 0.383 e. The lowest BCUT2D eigenvalue weighted by Gasteiger charge is -2.11. The van der Waals surface area contributed by atoms with Gasteiger partial charge in [-0.25, -0.2) is 13.1 Å². The first-order valence-corrected chi connectivity index (χ1v) is 8.65. The summed E-state index contributed by atoms with van der Waals surface area (Å²) in [5, 5.41) is 14.1. The summed E-state index contributed by atoms with van der Waals surface area (Å²) < 4.78 is 31.5. The van der Waals surface area contributed by atoms with Crippen molar-refractivity contribution in [3.8, 4) is 0 Å². The number of anilines is 1. The summed E-state index contributed by atoms with van der Waals surface area (Å²) in [6, 6.07) is 0.651. The molecule has 21 heavy (non-hydrogen) atoms. The van der Waals surface area contributed by atoms with Crippen molar-refractivity contribution in [3.63, 3.8) is 0 Å². The van der Waals surface area contributed by atoms with Crippen LogP contribution in [0.1, 0.15) is 20.3 Å². The number of hydrogen-bond donors (Lipinski definition) is 2. The Morgan fingerprint density at radius 1 is 1.52 bits per heavy atom. The predicted molar refractivity (Wildman–Crippen MR) is 81.4 cm³/mol. The highest BCUT2D eigenvalue weighted by molar-refractivity contribution is 7.91. The summed E-state index contributed by atoms with van der Waals surface area (Å²) in [6.07, 6.45) is 0.778. The molecule has 0 saturated heterocycles. The van der Waals surface area contributed by atoms with Crippen molar-refractivity contribution in [1.82, 2.24) is 4.72 Å². The Hall–Kier alpha value is -1.23. The number of thiophene rings is 1. The highest BCUT2D eigenvalue weighted by Gasteiger charge is 2.27. The predicted octanol–water partition coefficient (Wildman–Crippen LogP) is 1.79. The second-order valence-electron chi connectivity index (χ2n) is 4.44. The molecule has 0 saturated carbocycles. The maximum Gasteiger partial charge on any atom is 0.304 e. The molecule has 0 bridgehead atoms. The maximum absolute atomic E-state index is 12.2. The molecule has 1 atom stereocenters. The Kier molecular flexibility index (Phi) is 6.52. The molecule has 1 rings (SSSR count). The fraction of sp³-hybridized carbons (Fsp3) is 0.636. The molecule has 0 spiro atoms. The second-order valence-corrected chi connectivity index (χ2v) is 7.43. The first-order chi connectivity index (χ1) is 9.81. The van der Waals surface area contributed by atoms with Gasteiger partial charge in [0.1, 0.15) is 4.21 Å². The number of nitro groups is 1. The zero-order valence-corrected chi connectivity index (χ0v) is 13.7. The fourth-order valence-corrected chi connectivity index (χ4v) is 4.20. The monoisotopic (exact) mass is 337 g/mol. The molecule has 120 valence electrons. The molecule has 8 nitrogen and oxygen atoms in total. The molecule has 1 heterocycles. The number of nitrogens with zero attached hydrogens (tertiary/aromatic N) is 1. The third kappa shape index (κ3) is 4.92. The minimum Gasteiger partial charge on any atom is -0.383 e. The summed E-state index contributed by atoms with van der Waals surface area (Å²) in [5.41, 5.74) is -0.229. The zero-order valence-electron chi connectivity index (χ0n) is 12.1. The molecule has 0 fully saturated rings. The Morgan fingerprint density at radius 3 is 2.71 bits per heavy atom. The average molecular weight is 337 g/mol. The van der Waals surface area contributed by atoms with E-state index in [-0.39, 0.29) is 21.5 Å². The molecule has 0 radical (unpaired) electrons. The van der Waals surface area contributed by atoms with E-state index in [2.05, 4.69) is 10.0 Å². The van der Waals surface area contributed by atoms with Crippen LogP contribution in [0, 0.1) is 10.1 Å². The lowest BCUT2D eigenvalue weighted by atomic mass is 10.4. The van der Waals surface area contributed by atoms with E-state index in [4.69, 9.17) is 4.74 Å². The van der Waals surface area contributed by atoms with E-state index in [9.17, 15) is 18.5 Å². The minimum atomic E-state index is -3.80. The highest BCUT2D eigenvalue weighted by atomic mass is 32.2. The Bertz CT molecular complexity index is 585. The van der Waals surface area contributed by atoms with Gasteiger partial charge in [-0.15, -0.1) is 0 Å². The lowest BCUT2D eigenvalue weighted by Crippen LogP contribution is -2.35. The van der Waals surface area contributed by atoms with Crippen molar-refractivity contribution >= 4 is 32.0 Å². The van der Waals surface area contributed by atoms with Crippen LogP contribution in [0.15, 0.2) is 10.3 Å². The van der Waals surface area contributed by atoms with Crippen molar-refractivity contribution in [2.75, 3.05) is 25.6 Å². The molecule has 10 heteroatoms. The van der Waals surface area contributed by atoms with Gasteiger partial charge in [-0.05, 0) is 13.3 Å². The van der Waals surface area contributed by atoms with Crippen LogP contribution in [0.3, 0.4) is 0 Å². The molecule has 0 aliphatic rings. The molecular formula is C11H19N3O5S2. The van der Waals surface area contributed by atoms with Gasteiger partial charge in [-0.3, -0.25) is 10.1 Å². The van der Waals surface area contributed by atoms with Crippen molar-refractivity contribution < 1.29 is 18.1 Å². The van der Waals surface area contributed by atoms with Crippen LogP contribution in [-0.4, -0.2) is 39.6 Å². The summed E-state index contributed by atoms with van der Waals surface area (Å²) in [6.45, 7) is 4.32. The Labute approximate surface area is 127 Å². The number of ether oxygens (including phenoxy) is 1. The molecule has 0 aromatic carbocycles. The van der Waals surface area contributed by atoms with E-state index in [1.807, 2.05) is 6.92 Å². The fourth-order valence-electron chi connectivity index (χ4n) is 1.60. The third-order valence-corrected chi connectivity index (χ3v) is 5.61. The third-order valence-electron chi connectivity index (χ3n) is 2.46. The number of methoxy groups -OCH3 is 1. The number of rotatable bonds is 9. The van der Waals surface area contributed by atoms with Crippen molar-refractivity contribution in [2.24, 2.45) is 0 Å². The standard InChI is InChI=1S/C11H19N3O5S2/c1-4-5-12-11-9(14(15)16)6-10(20-11)21(17,18)13-8(2)7-19-3/h6,8,12-13H,4-5,7H2,1-3H3. The van der Waals surface area contributed by atoms with Crippen LogP contribution in [0.25, 0.3) is 0 Å². The first-order valence-electron chi connectivity index (χ1n) is 6.35. The number of nitrogens with one attached hydrogen (secondary N) is 2. The summed E-state index contributed by atoms with van der Waals surface area (Å²) in [5.74, 6) is 0. The van der Waals surface area contributed by atoms with Crippen molar-refractivity contribution in [2.45, 2.75) is 30.5 Å². The first kappa shape index (κ1) is 17.8. The topological polar surface area (TPSA) is 111 Å². The lowest BCUT2D eigenvalue weighted by molar-refractivity contribution is -0.383. The van der Waals surface area contributed by atoms with Crippen molar-refractivity contribution in [1.29, 1.82) is 0 Å². The normalized spacial score (nSPS) is 13.1. The molecule has 1 unspecified atom stereocenters. The van der Waals surface area contributed by atoms with E-state index in [1.165, 1.54) is 7.11 Å². The molecule has 1 aromatic rings. The van der Waals surface area contributed by atoms with Gasteiger partial charge in [0.2, 0.25) is 0 Å². The molecule has 0 aliphatic carbocycles.